The summed E-state index contributed by atoms with van der Waals surface area (Å²) in [6.07, 6.45) is 10.2. The summed E-state index contributed by atoms with van der Waals surface area (Å²) >= 11 is 0. The normalized spacial score (nSPS) is 10.3. The minimum atomic E-state index is -0.426. The van der Waals surface area contributed by atoms with Crippen LogP contribution in [0, 0.1) is 6.57 Å². The molecule has 0 amide bonds. The van der Waals surface area contributed by atoms with E-state index < -0.39 is 5.97 Å². The molecule has 0 aromatic heterocycles. The molecule has 0 heterocycles. The molecule has 2 aromatic rings. The third-order valence-corrected chi connectivity index (χ3v) is 4.53. The molecule has 2 aromatic carbocycles. The highest BCUT2D eigenvalue weighted by Crippen LogP contribution is 2.20. The smallest absolute Gasteiger partial charge is 0.343 e. The molecule has 0 aliphatic heterocycles. The number of unbranched alkanes of at least 4 members (excludes halogenated alkanes) is 7. The Kier molecular flexibility index (Phi) is 9.65. The molecule has 0 bridgehead atoms. The number of benzene rings is 2. The van der Waals surface area contributed by atoms with Crippen LogP contribution >= 0.6 is 0 Å². The van der Waals surface area contributed by atoms with Gasteiger partial charge in [0.25, 0.3) is 0 Å². The van der Waals surface area contributed by atoms with Crippen LogP contribution in [0.25, 0.3) is 4.85 Å². The molecule has 4 nitrogen and oxygen atoms in total. The first kappa shape index (κ1) is 21.5. The monoisotopic (exact) mass is 379 g/mol. The van der Waals surface area contributed by atoms with Gasteiger partial charge in [0.15, 0.2) is 5.69 Å². The summed E-state index contributed by atoms with van der Waals surface area (Å²) in [6, 6.07) is 13.5. The topological polar surface area (TPSA) is 39.9 Å². The number of hydrogen-bond acceptors (Lipinski definition) is 3. The zero-order valence-corrected chi connectivity index (χ0v) is 16.7. The zero-order valence-electron chi connectivity index (χ0n) is 16.7. The first-order chi connectivity index (χ1) is 13.7. The molecule has 0 N–H and O–H groups in total. The van der Waals surface area contributed by atoms with Crippen LogP contribution in [0.5, 0.6) is 11.5 Å². The van der Waals surface area contributed by atoms with E-state index in [0.717, 1.165) is 12.2 Å². The van der Waals surface area contributed by atoms with E-state index in [1.54, 1.807) is 48.5 Å². The molecule has 2 rings (SSSR count). The Morgan fingerprint density at radius 1 is 0.821 bits per heavy atom. The Labute approximate surface area is 168 Å². The lowest BCUT2D eigenvalue weighted by molar-refractivity contribution is 0.0734. The first-order valence-corrected chi connectivity index (χ1v) is 10.2. The molecule has 148 valence electrons. The zero-order chi connectivity index (χ0) is 20.0. The molecule has 0 radical (unpaired) electrons. The van der Waals surface area contributed by atoms with Crippen molar-refractivity contribution in [2.45, 2.75) is 58.3 Å². The standard InChI is InChI=1S/C24H29NO3/c1-3-4-5-6-7-8-9-10-19-27-22-15-11-20(12-16-22)24(26)28-23-17-13-21(25-2)14-18-23/h11-18H,3-10,19H2,1H3. The van der Waals surface area contributed by atoms with Gasteiger partial charge in [-0.1, -0.05) is 64.0 Å². The Balaban J connectivity index is 1.66. The summed E-state index contributed by atoms with van der Waals surface area (Å²) in [5, 5.41) is 0. The van der Waals surface area contributed by atoms with E-state index >= 15 is 0 Å². The van der Waals surface area contributed by atoms with Crippen molar-refractivity contribution in [3.05, 3.63) is 65.5 Å². The van der Waals surface area contributed by atoms with Gasteiger partial charge < -0.3 is 9.47 Å². The maximum absolute atomic E-state index is 12.2. The SMILES string of the molecule is [C-]#[N+]c1ccc(OC(=O)c2ccc(OCCCCCCCCCC)cc2)cc1. The van der Waals surface area contributed by atoms with Gasteiger partial charge in [-0.05, 0) is 42.8 Å². The number of ether oxygens (including phenoxy) is 2. The van der Waals surface area contributed by atoms with Gasteiger partial charge in [0.05, 0.1) is 18.7 Å². The van der Waals surface area contributed by atoms with E-state index in [2.05, 4.69) is 11.8 Å². The third-order valence-electron chi connectivity index (χ3n) is 4.53. The second-order valence-corrected chi connectivity index (χ2v) is 6.84. The Bertz CT molecular complexity index is 745. The van der Waals surface area contributed by atoms with Crippen molar-refractivity contribution in [3.8, 4) is 11.5 Å². The molecule has 0 atom stereocenters. The maximum atomic E-state index is 12.2. The molecule has 0 aliphatic rings. The molecule has 0 spiro atoms. The Hall–Kier alpha value is -2.80. The van der Waals surface area contributed by atoms with Crippen molar-refractivity contribution in [1.29, 1.82) is 0 Å². The van der Waals surface area contributed by atoms with Crippen molar-refractivity contribution in [2.24, 2.45) is 0 Å². The van der Waals surface area contributed by atoms with Crippen molar-refractivity contribution in [3.63, 3.8) is 0 Å². The van der Waals surface area contributed by atoms with E-state index in [9.17, 15) is 4.79 Å². The van der Waals surface area contributed by atoms with Crippen molar-refractivity contribution >= 4 is 11.7 Å². The van der Waals surface area contributed by atoms with E-state index in [4.69, 9.17) is 16.0 Å². The number of hydrogen-bond donors (Lipinski definition) is 0. The Morgan fingerprint density at radius 3 is 2.00 bits per heavy atom. The summed E-state index contributed by atoms with van der Waals surface area (Å²) in [7, 11) is 0. The van der Waals surface area contributed by atoms with Gasteiger partial charge in [0, 0.05) is 0 Å². The fourth-order valence-corrected chi connectivity index (χ4v) is 2.87. The van der Waals surface area contributed by atoms with E-state index in [1.165, 1.54) is 44.9 Å². The van der Waals surface area contributed by atoms with E-state index in [0.29, 0.717) is 23.6 Å². The summed E-state index contributed by atoms with van der Waals surface area (Å²) in [4.78, 5) is 15.5. The van der Waals surface area contributed by atoms with Gasteiger partial charge in [-0.25, -0.2) is 9.64 Å². The number of carbonyl (C=O) groups excluding carboxylic acids is 1. The number of carbonyl (C=O) groups is 1. The largest absolute Gasteiger partial charge is 0.494 e. The second-order valence-electron chi connectivity index (χ2n) is 6.84. The summed E-state index contributed by atoms with van der Waals surface area (Å²) < 4.78 is 11.1. The maximum Gasteiger partial charge on any atom is 0.343 e. The van der Waals surface area contributed by atoms with Gasteiger partial charge in [-0.2, -0.15) is 0 Å². The van der Waals surface area contributed by atoms with E-state index in [-0.39, 0.29) is 0 Å². The highest BCUT2D eigenvalue weighted by atomic mass is 16.5. The van der Waals surface area contributed by atoms with Gasteiger partial charge in [0.1, 0.15) is 11.5 Å². The fraction of sp³-hybridized carbons (Fsp3) is 0.417. The fourth-order valence-electron chi connectivity index (χ4n) is 2.87. The van der Waals surface area contributed by atoms with Crippen molar-refractivity contribution in [2.75, 3.05) is 6.61 Å². The van der Waals surface area contributed by atoms with Crippen LogP contribution in [0.15, 0.2) is 48.5 Å². The molecule has 4 heteroatoms. The highest BCUT2D eigenvalue weighted by molar-refractivity contribution is 5.91. The molecular weight excluding hydrogens is 350 g/mol. The summed E-state index contributed by atoms with van der Waals surface area (Å²) in [5.74, 6) is 0.763. The van der Waals surface area contributed by atoms with Crippen LogP contribution in [-0.2, 0) is 0 Å². The predicted octanol–water partition coefficient (Wildman–Crippen LogP) is 6.98. The second kappa shape index (κ2) is 12.6. The molecule has 28 heavy (non-hydrogen) atoms. The summed E-state index contributed by atoms with van der Waals surface area (Å²) in [6.45, 7) is 9.87. The Morgan fingerprint density at radius 2 is 1.39 bits per heavy atom. The lowest BCUT2D eigenvalue weighted by atomic mass is 10.1. The molecule has 0 unspecified atom stereocenters. The lowest BCUT2D eigenvalue weighted by Crippen LogP contribution is -2.08. The minimum absolute atomic E-state index is 0.424. The average Bonchev–Trinajstić information content (AvgIpc) is 2.73. The van der Waals surface area contributed by atoms with Crippen LogP contribution in [0.1, 0.15) is 68.6 Å². The van der Waals surface area contributed by atoms with Crippen molar-refractivity contribution in [1.82, 2.24) is 0 Å². The number of esters is 1. The van der Waals surface area contributed by atoms with Gasteiger partial charge >= 0.3 is 5.97 Å². The van der Waals surface area contributed by atoms with Crippen LogP contribution in [0.4, 0.5) is 5.69 Å². The molecule has 0 saturated heterocycles. The van der Waals surface area contributed by atoms with Crippen LogP contribution in [0.2, 0.25) is 0 Å². The third kappa shape index (κ3) is 7.84. The van der Waals surface area contributed by atoms with Gasteiger partial charge in [0.2, 0.25) is 0 Å². The van der Waals surface area contributed by atoms with E-state index in [1.807, 2.05) is 0 Å². The van der Waals surface area contributed by atoms with Crippen LogP contribution in [0.3, 0.4) is 0 Å². The number of rotatable bonds is 12. The van der Waals surface area contributed by atoms with Gasteiger partial charge in [-0.3, -0.25) is 0 Å². The van der Waals surface area contributed by atoms with Crippen molar-refractivity contribution < 1.29 is 14.3 Å². The highest BCUT2D eigenvalue weighted by Gasteiger charge is 2.09. The molecule has 0 saturated carbocycles. The summed E-state index contributed by atoms with van der Waals surface area (Å²) in [5.41, 5.74) is 0.978. The van der Waals surface area contributed by atoms with Crippen LogP contribution < -0.4 is 9.47 Å². The quantitative estimate of drug-likeness (QED) is 0.173. The molecular formula is C24H29NO3. The first-order valence-electron chi connectivity index (χ1n) is 10.2. The lowest BCUT2D eigenvalue weighted by Gasteiger charge is -2.08. The number of nitrogens with zero attached hydrogens (tertiary/aromatic N) is 1. The molecule has 0 fully saturated rings. The minimum Gasteiger partial charge on any atom is -0.494 e. The molecule has 0 aliphatic carbocycles. The average molecular weight is 380 g/mol. The predicted molar refractivity (Wildman–Crippen MR) is 112 cm³/mol. The van der Waals surface area contributed by atoms with Crippen LogP contribution in [-0.4, -0.2) is 12.6 Å². The van der Waals surface area contributed by atoms with Gasteiger partial charge in [-0.15, -0.1) is 0 Å².